The highest BCUT2D eigenvalue weighted by Gasteiger charge is 2.25. The monoisotopic (exact) mass is 260 g/mol. The van der Waals surface area contributed by atoms with E-state index in [-0.39, 0.29) is 16.2 Å². The first-order valence-electron chi connectivity index (χ1n) is 4.86. The Hall–Kier alpha value is -0.840. The van der Waals surface area contributed by atoms with Crippen LogP contribution in [0, 0.1) is 0 Å². The molecule has 1 aliphatic heterocycles. The molecule has 0 radical (unpaired) electrons. The van der Waals surface area contributed by atoms with Crippen molar-refractivity contribution in [3.05, 3.63) is 28.0 Å². The van der Waals surface area contributed by atoms with Gasteiger partial charge in [-0.2, -0.15) is 0 Å². The Morgan fingerprint density at radius 1 is 1.44 bits per heavy atom. The zero-order valence-electron chi connectivity index (χ0n) is 8.36. The molecule has 1 N–H and O–H groups in total. The summed E-state index contributed by atoms with van der Waals surface area (Å²) in [4.78, 5) is 17.3. The standard InChI is InChI=1S/C10H10Cl2N2O2/c11-8-3-6(4-9(12)13-8)10(16)14-2-1-7(15)5-14/h3-4,7,15H,1-2,5H2/t7-/m0/s1. The lowest BCUT2D eigenvalue weighted by molar-refractivity contribution is 0.0765. The fraction of sp³-hybridized carbons (Fsp3) is 0.400. The number of β-amino-alcohol motifs (C(OH)–C–C–N with tert-alkyl or cyclic N) is 1. The summed E-state index contributed by atoms with van der Waals surface area (Å²) >= 11 is 11.4. The number of pyridine rings is 1. The molecule has 1 fully saturated rings. The molecule has 1 atom stereocenters. The van der Waals surface area contributed by atoms with Crippen molar-refractivity contribution in [1.29, 1.82) is 0 Å². The van der Waals surface area contributed by atoms with E-state index >= 15 is 0 Å². The molecule has 2 rings (SSSR count). The maximum atomic E-state index is 12.0. The van der Waals surface area contributed by atoms with Gasteiger partial charge in [0.1, 0.15) is 10.3 Å². The lowest BCUT2D eigenvalue weighted by atomic mass is 10.2. The smallest absolute Gasteiger partial charge is 0.254 e. The van der Waals surface area contributed by atoms with E-state index in [2.05, 4.69) is 4.98 Å². The predicted octanol–water partition coefficient (Wildman–Crippen LogP) is 1.60. The average molecular weight is 261 g/mol. The fourth-order valence-corrected chi connectivity index (χ4v) is 2.16. The Bertz CT molecular complexity index is 405. The van der Waals surface area contributed by atoms with Crippen molar-refractivity contribution < 1.29 is 9.90 Å². The van der Waals surface area contributed by atoms with Gasteiger partial charge in [0, 0.05) is 18.7 Å². The maximum Gasteiger partial charge on any atom is 0.254 e. The first-order valence-corrected chi connectivity index (χ1v) is 5.62. The van der Waals surface area contributed by atoms with E-state index in [1.54, 1.807) is 4.90 Å². The number of likely N-dealkylation sites (tertiary alicyclic amines) is 1. The van der Waals surface area contributed by atoms with Gasteiger partial charge in [-0.25, -0.2) is 4.98 Å². The number of aliphatic hydroxyl groups is 1. The van der Waals surface area contributed by atoms with Gasteiger partial charge in [-0.05, 0) is 18.6 Å². The third-order valence-electron chi connectivity index (χ3n) is 2.46. The summed E-state index contributed by atoms with van der Waals surface area (Å²) in [6.07, 6.45) is 0.176. The van der Waals surface area contributed by atoms with Crippen LogP contribution in [-0.2, 0) is 0 Å². The first kappa shape index (κ1) is 11.6. The van der Waals surface area contributed by atoms with Crippen LogP contribution in [-0.4, -0.2) is 40.1 Å². The van der Waals surface area contributed by atoms with E-state index in [9.17, 15) is 9.90 Å². The second-order valence-electron chi connectivity index (χ2n) is 3.69. The zero-order chi connectivity index (χ0) is 11.7. The van der Waals surface area contributed by atoms with Gasteiger partial charge in [0.05, 0.1) is 6.10 Å². The Balaban J connectivity index is 2.20. The molecule has 1 aromatic heterocycles. The lowest BCUT2D eigenvalue weighted by Crippen LogP contribution is -2.29. The van der Waals surface area contributed by atoms with Crippen LogP contribution in [0.25, 0.3) is 0 Å². The molecule has 16 heavy (non-hydrogen) atoms. The van der Waals surface area contributed by atoms with Crippen LogP contribution in [0.15, 0.2) is 12.1 Å². The van der Waals surface area contributed by atoms with Crippen molar-refractivity contribution in [2.75, 3.05) is 13.1 Å². The van der Waals surface area contributed by atoms with Gasteiger partial charge in [-0.3, -0.25) is 4.79 Å². The minimum Gasteiger partial charge on any atom is -0.391 e. The van der Waals surface area contributed by atoms with E-state index in [0.717, 1.165) is 0 Å². The molecule has 6 heteroatoms. The molecule has 1 aromatic rings. The second kappa shape index (κ2) is 4.57. The van der Waals surface area contributed by atoms with Crippen LogP contribution >= 0.6 is 23.2 Å². The largest absolute Gasteiger partial charge is 0.391 e. The van der Waals surface area contributed by atoms with Crippen molar-refractivity contribution in [1.82, 2.24) is 9.88 Å². The SMILES string of the molecule is O=C(c1cc(Cl)nc(Cl)c1)N1CC[C@H](O)C1. The van der Waals surface area contributed by atoms with Crippen molar-refractivity contribution in [3.63, 3.8) is 0 Å². The number of hydrogen-bond acceptors (Lipinski definition) is 3. The normalized spacial score (nSPS) is 20.2. The quantitative estimate of drug-likeness (QED) is 0.781. The van der Waals surface area contributed by atoms with Gasteiger partial charge in [0.15, 0.2) is 0 Å². The molecule has 2 heterocycles. The molecule has 0 unspecified atom stereocenters. The van der Waals surface area contributed by atoms with Gasteiger partial charge in [0.2, 0.25) is 0 Å². The topological polar surface area (TPSA) is 53.4 Å². The summed E-state index contributed by atoms with van der Waals surface area (Å²) in [6, 6.07) is 2.95. The Kier molecular flexibility index (Phi) is 3.33. The number of carbonyl (C=O) groups excluding carboxylic acids is 1. The minimum absolute atomic E-state index is 0.178. The van der Waals surface area contributed by atoms with E-state index in [4.69, 9.17) is 23.2 Å². The Morgan fingerprint density at radius 2 is 2.06 bits per heavy atom. The molecule has 0 bridgehead atoms. The molecular weight excluding hydrogens is 251 g/mol. The second-order valence-corrected chi connectivity index (χ2v) is 4.47. The number of amides is 1. The minimum atomic E-state index is -0.434. The highest BCUT2D eigenvalue weighted by atomic mass is 35.5. The Labute approximate surface area is 103 Å². The lowest BCUT2D eigenvalue weighted by Gasteiger charge is -2.15. The molecule has 1 aliphatic rings. The third-order valence-corrected chi connectivity index (χ3v) is 2.85. The van der Waals surface area contributed by atoms with E-state index < -0.39 is 6.10 Å². The van der Waals surface area contributed by atoms with Crippen LogP contribution < -0.4 is 0 Å². The molecule has 0 aromatic carbocycles. The highest BCUT2D eigenvalue weighted by molar-refractivity contribution is 6.33. The zero-order valence-corrected chi connectivity index (χ0v) is 9.87. The van der Waals surface area contributed by atoms with Crippen LogP contribution in [0.2, 0.25) is 10.3 Å². The van der Waals surface area contributed by atoms with Gasteiger partial charge in [0.25, 0.3) is 5.91 Å². The molecule has 0 saturated carbocycles. The number of halogens is 2. The summed E-state index contributed by atoms with van der Waals surface area (Å²) in [6.45, 7) is 0.911. The average Bonchev–Trinajstić information content (AvgIpc) is 2.62. The molecule has 1 saturated heterocycles. The van der Waals surface area contributed by atoms with Crippen molar-refractivity contribution in [2.24, 2.45) is 0 Å². The van der Waals surface area contributed by atoms with Crippen molar-refractivity contribution >= 4 is 29.1 Å². The third kappa shape index (κ3) is 2.45. The molecule has 0 spiro atoms. The summed E-state index contributed by atoms with van der Waals surface area (Å²) in [7, 11) is 0. The van der Waals surface area contributed by atoms with Crippen LogP contribution in [0.4, 0.5) is 0 Å². The Morgan fingerprint density at radius 3 is 2.56 bits per heavy atom. The van der Waals surface area contributed by atoms with E-state index in [0.29, 0.717) is 25.1 Å². The van der Waals surface area contributed by atoms with Gasteiger partial charge < -0.3 is 10.0 Å². The van der Waals surface area contributed by atoms with Gasteiger partial charge >= 0.3 is 0 Å². The van der Waals surface area contributed by atoms with Crippen LogP contribution in [0.1, 0.15) is 16.8 Å². The fourth-order valence-electron chi connectivity index (χ4n) is 1.70. The van der Waals surface area contributed by atoms with E-state index in [1.807, 2.05) is 0 Å². The molecule has 4 nitrogen and oxygen atoms in total. The van der Waals surface area contributed by atoms with Crippen LogP contribution in [0.5, 0.6) is 0 Å². The molecule has 86 valence electrons. The highest BCUT2D eigenvalue weighted by Crippen LogP contribution is 2.18. The molecule has 1 amide bonds. The summed E-state index contributed by atoms with van der Waals surface area (Å²) in [5.41, 5.74) is 0.402. The first-order chi connectivity index (χ1) is 7.56. The molecular formula is C10H10Cl2N2O2. The number of hydrogen-bond donors (Lipinski definition) is 1. The van der Waals surface area contributed by atoms with Crippen molar-refractivity contribution in [3.8, 4) is 0 Å². The summed E-state index contributed by atoms with van der Waals surface area (Å²) in [5.74, 6) is -0.178. The maximum absolute atomic E-state index is 12.0. The van der Waals surface area contributed by atoms with Crippen molar-refractivity contribution in [2.45, 2.75) is 12.5 Å². The van der Waals surface area contributed by atoms with Gasteiger partial charge in [-0.15, -0.1) is 0 Å². The van der Waals surface area contributed by atoms with E-state index in [1.165, 1.54) is 12.1 Å². The summed E-state index contributed by atoms with van der Waals surface area (Å²) < 4.78 is 0. The number of aliphatic hydroxyl groups excluding tert-OH is 1. The molecule has 0 aliphatic carbocycles. The number of carbonyl (C=O) groups is 1. The number of aromatic nitrogens is 1. The van der Waals surface area contributed by atoms with Gasteiger partial charge in [-0.1, -0.05) is 23.2 Å². The summed E-state index contributed by atoms with van der Waals surface area (Å²) in [5, 5.41) is 9.73. The van der Waals surface area contributed by atoms with Crippen LogP contribution in [0.3, 0.4) is 0 Å². The number of nitrogens with zero attached hydrogens (tertiary/aromatic N) is 2. The number of rotatable bonds is 1. The predicted molar refractivity (Wildman–Crippen MR) is 60.8 cm³/mol.